The number of rotatable bonds is 7. The lowest BCUT2D eigenvalue weighted by Gasteiger charge is -2.14. The molecule has 0 spiro atoms. The molecule has 0 aliphatic heterocycles. The summed E-state index contributed by atoms with van der Waals surface area (Å²) in [6.45, 7) is 7.19. The molecule has 0 saturated carbocycles. The topological polar surface area (TPSA) is 64.1 Å². The van der Waals surface area contributed by atoms with E-state index in [2.05, 4.69) is 29.3 Å². The Balaban J connectivity index is 2.06. The lowest BCUT2D eigenvalue weighted by Crippen LogP contribution is -2.30. The number of nitrogens with zero attached hydrogens (tertiary/aromatic N) is 2. The fraction of sp³-hybridized carbons (Fsp3) is 0.571. The number of hydrogen-bond donors (Lipinski definition) is 1. The van der Waals surface area contributed by atoms with Gasteiger partial charge in [0.15, 0.2) is 5.76 Å². The first-order chi connectivity index (χ1) is 9.24. The number of hydrogen-bond acceptors (Lipinski definition) is 5. The Morgan fingerprint density at radius 3 is 2.84 bits per heavy atom. The number of nitrogens with one attached hydrogen (secondary N) is 1. The van der Waals surface area contributed by atoms with Crippen molar-refractivity contribution in [3.8, 4) is 11.6 Å². The van der Waals surface area contributed by atoms with Crippen molar-refractivity contribution in [3.63, 3.8) is 0 Å². The van der Waals surface area contributed by atoms with Gasteiger partial charge in [0.05, 0.1) is 6.26 Å². The summed E-state index contributed by atoms with van der Waals surface area (Å²) in [7, 11) is 0. The molecule has 0 fully saturated rings. The van der Waals surface area contributed by atoms with Crippen LogP contribution in [0.2, 0.25) is 0 Å². The molecule has 0 bridgehead atoms. The lowest BCUT2D eigenvalue weighted by molar-refractivity contribution is 0.351. The zero-order chi connectivity index (χ0) is 13.7. The molecule has 2 aromatic rings. The van der Waals surface area contributed by atoms with E-state index in [1.54, 1.807) is 6.26 Å². The van der Waals surface area contributed by atoms with Crippen LogP contribution in [0.15, 0.2) is 21.3 Å². The maximum absolute atomic E-state index is 5.36. The van der Waals surface area contributed by atoms with Gasteiger partial charge in [-0.25, -0.2) is 0 Å². The van der Waals surface area contributed by atoms with Crippen molar-refractivity contribution >= 4 is 0 Å². The van der Waals surface area contributed by atoms with E-state index in [1.165, 1.54) is 0 Å². The van der Waals surface area contributed by atoms with Crippen LogP contribution in [0, 0.1) is 6.92 Å². The first-order valence-corrected chi connectivity index (χ1v) is 6.85. The van der Waals surface area contributed by atoms with E-state index >= 15 is 0 Å². The van der Waals surface area contributed by atoms with Crippen molar-refractivity contribution in [1.29, 1.82) is 0 Å². The molecular formula is C14H21N3O2. The Morgan fingerprint density at radius 1 is 1.37 bits per heavy atom. The summed E-state index contributed by atoms with van der Waals surface area (Å²) < 4.78 is 10.7. The van der Waals surface area contributed by atoms with Crippen LogP contribution < -0.4 is 5.32 Å². The van der Waals surface area contributed by atoms with Gasteiger partial charge in [-0.05, 0) is 31.5 Å². The van der Waals surface area contributed by atoms with E-state index in [1.807, 2.05) is 13.0 Å². The molecule has 0 radical (unpaired) electrons. The van der Waals surface area contributed by atoms with Crippen molar-refractivity contribution in [2.24, 2.45) is 0 Å². The molecule has 2 aromatic heterocycles. The number of aromatic nitrogens is 2. The molecule has 0 saturated heterocycles. The zero-order valence-corrected chi connectivity index (χ0v) is 11.8. The second-order valence-corrected chi connectivity index (χ2v) is 4.69. The van der Waals surface area contributed by atoms with Crippen molar-refractivity contribution < 1.29 is 8.94 Å². The van der Waals surface area contributed by atoms with Gasteiger partial charge in [-0.1, -0.05) is 25.4 Å². The Labute approximate surface area is 113 Å². The molecule has 1 atom stereocenters. The highest BCUT2D eigenvalue weighted by atomic mass is 16.5. The minimum Gasteiger partial charge on any atom is -0.461 e. The fourth-order valence-corrected chi connectivity index (χ4v) is 2.16. The van der Waals surface area contributed by atoms with Crippen molar-refractivity contribution in [2.45, 2.75) is 46.1 Å². The third kappa shape index (κ3) is 3.44. The summed E-state index contributed by atoms with van der Waals surface area (Å²) in [4.78, 5) is 4.41. The van der Waals surface area contributed by atoms with Gasteiger partial charge in [-0.15, -0.1) is 0 Å². The Hall–Kier alpha value is -1.62. The summed E-state index contributed by atoms with van der Waals surface area (Å²) >= 11 is 0. The van der Waals surface area contributed by atoms with Crippen LogP contribution in [0.1, 0.15) is 38.1 Å². The van der Waals surface area contributed by atoms with E-state index in [0.29, 0.717) is 23.5 Å². The van der Waals surface area contributed by atoms with Gasteiger partial charge >= 0.3 is 0 Å². The van der Waals surface area contributed by atoms with Gasteiger partial charge in [0.25, 0.3) is 0 Å². The summed E-state index contributed by atoms with van der Waals surface area (Å²) in [6.07, 6.45) is 4.63. The van der Waals surface area contributed by atoms with E-state index in [9.17, 15) is 0 Å². The molecule has 5 nitrogen and oxygen atoms in total. The molecule has 104 valence electrons. The van der Waals surface area contributed by atoms with Gasteiger partial charge in [-0.3, -0.25) is 0 Å². The average Bonchev–Trinajstić information content (AvgIpc) is 2.98. The minimum absolute atomic E-state index is 0.390. The SMILES string of the molecule is CCCC(Cc1nc(-c2occc2C)no1)NCC. The minimum atomic E-state index is 0.390. The Kier molecular flexibility index (Phi) is 4.74. The Morgan fingerprint density at radius 2 is 2.21 bits per heavy atom. The van der Waals surface area contributed by atoms with Gasteiger partial charge < -0.3 is 14.3 Å². The quantitative estimate of drug-likeness (QED) is 0.832. The number of furan rings is 1. The van der Waals surface area contributed by atoms with Gasteiger partial charge in [0.1, 0.15) is 0 Å². The monoisotopic (exact) mass is 263 g/mol. The standard InChI is InChI=1S/C14H21N3O2/c1-4-6-11(15-5-2)9-12-16-14(17-19-12)13-10(3)7-8-18-13/h7-8,11,15H,4-6,9H2,1-3H3. The molecular weight excluding hydrogens is 242 g/mol. The molecule has 0 amide bonds. The lowest BCUT2D eigenvalue weighted by atomic mass is 10.1. The highest BCUT2D eigenvalue weighted by Crippen LogP contribution is 2.21. The molecule has 1 N–H and O–H groups in total. The van der Waals surface area contributed by atoms with Crippen LogP contribution in [0.4, 0.5) is 0 Å². The Bertz CT molecular complexity index is 498. The molecule has 5 heteroatoms. The van der Waals surface area contributed by atoms with Crippen molar-refractivity contribution in [2.75, 3.05) is 6.54 Å². The summed E-state index contributed by atoms with van der Waals surface area (Å²) in [5, 5.41) is 7.42. The van der Waals surface area contributed by atoms with E-state index < -0.39 is 0 Å². The van der Waals surface area contributed by atoms with Crippen molar-refractivity contribution in [1.82, 2.24) is 15.5 Å². The predicted octanol–water partition coefficient (Wildman–Crippen LogP) is 2.96. The summed E-state index contributed by atoms with van der Waals surface area (Å²) in [5.41, 5.74) is 1.02. The molecule has 0 aliphatic rings. The summed E-state index contributed by atoms with van der Waals surface area (Å²) in [6, 6.07) is 2.28. The second kappa shape index (κ2) is 6.52. The normalized spacial score (nSPS) is 12.8. The highest BCUT2D eigenvalue weighted by Gasteiger charge is 2.16. The first kappa shape index (κ1) is 13.8. The molecule has 1 unspecified atom stereocenters. The highest BCUT2D eigenvalue weighted by molar-refractivity contribution is 5.50. The third-order valence-corrected chi connectivity index (χ3v) is 3.08. The first-order valence-electron chi connectivity index (χ1n) is 6.85. The van der Waals surface area contributed by atoms with Crippen LogP contribution in [0.5, 0.6) is 0 Å². The molecule has 0 aliphatic carbocycles. The molecule has 0 aromatic carbocycles. The maximum Gasteiger partial charge on any atom is 0.238 e. The van der Waals surface area contributed by atoms with Crippen LogP contribution in [-0.4, -0.2) is 22.7 Å². The third-order valence-electron chi connectivity index (χ3n) is 3.08. The van der Waals surface area contributed by atoms with Crippen molar-refractivity contribution in [3.05, 3.63) is 23.8 Å². The average molecular weight is 263 g/mol. The smallest absolute Gasteiger partial charge is 0.238 e. The fourth-order valence-electron chi connectivity index (χ4n) is 2.16. The second-order valence-electron chi connectivity index (χ2n) is 4.69. The van der Waals surface area contributed by atoms with E-state index in [-0.39, 0.29) is 0 Å². The van der Waals surface area contributed by atoms with E-state index in [4.69, 9.17) is 8.94 Å². The molecule has 2 heterocycles. The van der Waals surface area contributed by atoms with E-state index in [0.717, 1.165) is 31.4 Å². The summed E-state index contributed by atoms with van der Waals surface area (Å²) in [5.74, 6) is 1.87. The molecule has 19 heavy (non-hydrogen) atoms. The predicted molar refractivity (Wildman–Crippen MR) is 72.8 cm³/mol. The van der Waals surface area contributed by atoms with Crippen LogP contribution in [0.25, 0.3) is 11.6 Å². The number of likely N-dealkylation sites (N-methyl/N-ethyl adjacent to an activating group) is 1. The van der Waals surface area contributed by atoms with Gasteiger partial charge in [-0.2, -0.15) is 4.98 Å². The molecule has 2 rings (SSSR count). The largest absolute Gasteiger partial charge is 0.461 e. The zero-order valence-electron chi connectivity index (χ0n) is 11.8. The van der Waals surface area contributed by atoms with Crippen LogP contribution >= 0.6 is 0 Å². The van der Waals surface area contributed by atoms with Gasteiger partial charge in [0.2, 0.25) is 11.7 Å². The van der Waals surface area contributed by atoms with Crippen LogP contribution in [-0.2, 0) is 6.42 Å². The van der Waals surface area contributed by atoms with Crippen LogP contribution in [0.3, 0.4) is 0 Å². The number of aryl methyl sites for hydroxylation is 1. The maximum atomic E-state index is 5.36. The van der Waals surface area contributed by atoms with Gasteiger partial charge in [0, 0.05) is 12.5 Å².